The summed E-state index contributed by atoms with van der Waals surface area (Å²) < 4.78 is 6.03. The van der Waals surface area contributed by atoms with Crippen molar-refractivity contribution in [3.05, 3.63) is 0 Å². The van der Waals surface area contributed by atoms with Crippen molar-refractivity contribution in [2.75, 3.05) is 13.2 Å². The van der Waals surface area contributed by atoms with Gasteiger partial charge in [-0.05, 0) is 51.4 Å². The zero-order chi connectivity index (χ0) is 32.3. The third-order valence-corrected chi connectivity index (χ3v) is 9.52. The molecule has 0 aliphatic heterocycles. The Hall–Kier alpha value is -1.10. The van der Waals surface area contributed by atoms with Crippen molar-refractivity contribution >= 4 is 11.8 Å². The fourth-order valence-electron chi connectivity index (χ4n) is 6.77. The van der Waals surface area contributed by atoms with Gasteiger partial charge >= 0.3 is 0 Å². The van der Waals surface area contributed by atoms with Gasteiger partial charge in [-0.25, -0.2) is 0 Å². The zero-order valence-corrected chi connectivity index (χ0v) is 30.4. The largest absolute Gasteiger partial charge is 0.380 e. The van der Waals surface area contributed by atoms with Gasteiger partial charge in [-0.2, -0.15) is 0 Å². The molecule has 0 aliphatic rings. The number of carbonyl (C=O) groups is 2. The third kappa shape index (κ3) is 17.8. The third-order valence-electron chi connectivity index (χ3n) is 9.52. The van der Waals surface area contributed by atoms with Crippen LogP contribution in [0.4, 0.5) is 0 Å². The van der Waals surface area contributed by atoms with Gasteiger partial charge in [0.05, 0.1) is 26.1 Å². The molecular formula is C38H76N2O3. The molecule has 0 radical (unpaired) electrons. The second kappa shape index (κ2) is 28.4. The first-order valence-corrected chi connectivity index (χ1v) is 19.1. The molecule has 0 aromatic carbocycles. The summed E-state index contributed by atoms with van der Waals surface area (Å²) in [6.07, 6.45) is 23.8. The fraction of sp³-hybridized carbons (Fsp3) is 0.947. The van der Waals surface area contributed by atoms with Crippen molar-refractivity contribution in [2.45, 2.75) is 221 Å². The number of hydrogen-bond donors (Lipinski definition) is 0. The van der Waals surface area contributed by atoms with Gasteiger partial charge in [0, 0.05) is 24.2 Å². The molecule has 0 saturated carbocycles. The highest BCUT2D eigenvalue weighted by atomic mass is 16.5. The molecule has 4 unspecified atom stereocenters. The lowest BCUT2D eigenvalue weighted by atomic mass is 9.97. The van der Waals surface area contributed by atoms with E-state index < -0.39 is 0 Å². The summed E-state index contributed by atoms with van der Waals surface area (Å²) in [6, 6.07) is 1.27. The Morgan fingerprint density at radius 1 is 0.442 bits per heavy atom. The van der Waals surface area contributed by atoms with Crippen LogP contribution in [0.25, 0.3) is 0 Å². The highest BCUT2D eigenvalue weighted by Crippen LogP contribution is 2.25. The van der Waals surface area contributed by atoms with Gasteiger partial charge < -0.3 is 14.5 Å². The summed E-state index contributed by atoms with van der Waals surface area (Å²) >= 11 is 0. The smallest absolute Gasteiger partial charge is 0.225 e. The first-order chi connectivity index (χ1) is 20.9. The van der Waals surface area contributed by atoms with Crippen LogP contribution in [0.3, 0.4) is 0 Å². The number of amides is 2. The topological polar surface area (TPSA) is 49.9 Å². The molecule has 0 rings (SSSR count). The Labute approximate surface area is 269 Å². The summed E-state index contributed by atoms with van der Waals surface area (Å²) in [5.41, 5.74) is 0. The van der Waals surface area contributed by atoms with Crippen molar-refractivity contribution < 1.29 is 14.3 Å². The van der Waals surface area contributed by atoms with E-state index in [1.54, 1.807) is 0 Å². The molecule has 0 heterocycles. The van der Waals surface area contributed by atoms with E-state index in [1.807, 2.05) is 0 Å². The van der Waals surface area contributed by atoms with E-state index in [1.165, 1.54) is 77.0 Å². The summed E-state index contributed by atoms with van der Waals surface area (Å²) in [6.45, 7) is 18.7. The number of nitrogens with zero attached hydrogens (tertiary/aromatic N) is 2. The van der Waals surface area contributed by atoms with Crippen LogP contribution >= 0.6 is 0 Å². The Kier molecular flexibility index (Phi) is 27.7. The summed E-state index contributed by atoms with van der Waals surface area (Å²) in [7, 11) is 0. The normalized spacial score (nSPS) is 14.3. The fourth-order valence-corrected chi connectivity index (χ4v) is 6.77. The Morgan fingerprint density at radius 3 is 0.907 bits per heavy atom. The van der Waals surface area contributed by atoms with E-state index in [0.29, 0.717) is 50.2 Å². The van der Waals surface area contributed by atoms with Crippen LogP contribution in [-0.4, -0.2) is 59.0 Å². The van der Waals surface area contributed by atoms with E-state index in [2.05, 4.69) is 65.2 Å². The SMILES string of the molecule is CCCCCC(CC)N(C(=O)CCOCCC(=O)N(C(CC)CCCCC)C(CC)CCCCC)C(CC)CCCCC. The highest BCUT2D eigenvalue weighted by Gasteiger charge is 2.29. The van der Waals surface area contributed by atoms with Gasteiger partial charge in [0.15, 0.2) is 0 Å². The van der Waals surface area contributed by atoms with Crippen molar-refractivity contribution in [1.29, 1.82) is 0 Å². The van der Waals surface area contributed by atoms with Crippen LogP contribution < -0.4 is 0 Å². The molecule has 0 fully saturated rings. The standard InChI is InChI=1S/C38H76N2O3/c1-9-17-21-25-33(13-5)39(34(14-6)26-22-18-10-2)37(41)29-31-43-32-30-38(42)40(35(15-7)27-23-19-11-3)36(16-8)28-24-20-12-4/h33-36H,9-32H2,1-8H3. The maximum Gasteiger partial charge on any atom is 0.225 e. The molecule has 0 saturated heterocycles. The lowest BCUT2D eigenvalue weighted by molar-refractivity contribution is -0.139. The van der Waals surface area contributed by atoms with Gasteiger partial charge in [-0.3, -0.25) is 9.59 Å². The van der Waals surface area contributed by atoms with E-state index in [4.69, 9.17) is 4.74 Å². The monoisotopic (exact) mass is 609 g/mol. The maximum absolute atomic E-state index is 13.7. The second-order valence-corrected chi connectivity index (χ2v) is 12.9. The van der Waals surface area contributed by atoms with E-state index in [9.17, 15) is 9.59 Å². The predicted octanol–water partition coefficient (Wildman–Crippen LogP) is 10.9. The predicted molar refractivity (Wildman–Crippen MR) is 187 cm³/mol. The number of rotatable bonds is 30. The van der Waals surface area contributed by atoms with E-state index in [0.717, 1.165) is 51.4 Å². The van der Waals surface area contributed by atoms with Crippen LogP contribution in [0.1, 0.15) is 197 Å². The lowest BCUT2D eigenvalue weighted by Crippen LogP contribution is -2.47. The quantitative estimate of drug-likeness (QED) is 0.0762. The van der Waals surface area contributed by atoms with Gasteiger partial charge in [-0.1, -0.05) is 132 Å². The average Bonchev–Trinajstić information content (AvgIpc) is 3.01. The first kappa shape index (κ1) is 41.9. The summed E-state index contributed by atoms with van der Waals surface area (Å²) in [4.78, 5) is 31.9. The van der Waals surface area contributed by atoms with E-state index >= 15 is 0 Å². The second-order valence-electron chi connectivity index (χ2n) is 12.9. The highest BCUT2D eigenvalue weighted by molar-refractivity contribution is 5.77. The van der Waals surface area contributed by atoms with Crippen molar-refractivity contribution in [1.82, 2.24) is 9.80 Å². The minimum absolute atomic E-state index is 0.239. The number of ether oxygens (including phenoxy) is 1. The molecule has 0 N–H and O–H groups in total. The maximum atomic E-state index is 13.7. The molecule has 43 heavy (non-hydrogen) atoms. The lowest BCUT2D eigenvalue weighted by Gasteiger charge is -2.38. The van der Waals surface area contributed by atoms with Crippen molar-refractivity contribution in [2.24, 2.45) is 0 Å². The number of carbonyl (C=O) groups excluding carboxylic acids is 2. The zero-order valence-electron chi connectivity index (χ0n) is 30.4. The Bertz CT molecular complexity index is 565. The molecule has 0 aliphatic carbocycles. The van der Waals surface area contributed by atoms with Crippen molar-refractivity contribution in [3.63, 3.8) is 0 Å². The number of hydrogen-bond acceptors (Lipinski definition) is 3. The molecular weight excluding hydrogens is 532 g/mol. The molecule has 256 valence electrons. The number of unbranched alkanes of at least 4 members (excludes halogenated alkanes) is 8. The van der Waals surface area contributed by atoms with Gasteiger partial charge in [0.25, 0.3) is 0 Å². The Morgan fingerprint density at radius 2 is 0.698 bits per heavy atom. The van der Waals surface area contributed by atoms with Crippen LogP contribution in [0.2, 0.25) is 0 Å². The Balaban J connectivity index is 5.32. The molecule has 4 atom stereocenters. The van der Waals surface area contributed by atoms with E-state index in [-0.39, 0.29) is 11.8 Å². The molecule has 0 aromatic rings. The molecule has 5 nitrogen and oxygen atoms in total. The molecule has 2 amide bonds. The molecule has 5 heteroatoms. The molecule has 0 aromatic heterocycles. The van der Waals surface area contributed by atoms with Gasteiger partial charge in [-0.15, -0.1) is 0 Å². The van der Waals surface area contributed by atoms with Crippen molar-refractivity contribution in [3.8, 4) is 0 Å². The average molecular weight is 609 g/mol. The van der Waals surface area contributed by atoms with Crippen LogP contribution in [0, 0.1) is 0 Å². The molecule has 0 spiro atoms. The minimum atomic E-state index is 0.239. The van der Waals surface area contributed by atoms with Crippen LogP contribution in [0.5, 0.6) is 0 Å². The van der Waals surface area contributed by atoms with Crippen LogP contribution in [-0.2, 0) is 14.3 Å². The minimum Gasteiger partial charge on any atom is -0.380 e. The molecule has 0 bridgehead atoms. The first-order valence-electron chi connectivity index (χ1n) is 19.1. The van der Waals surface area contributed by atoms with Gasteiger partial charge in [0.2, 0.25) is 11.8 Å². The van der Waals surface area contributed by atoms with Gasteiger partial charge in [0.1, 0.15) is 0 Å². The summed E-state index contributed by atoms with van der Waals surface area (Å²) in [5, 5.41) is 0. The van der Waals surface area contributed by atoms with Crippen LogP contribution in [0.15, 0.2) is 0 Å². The summed E-state index contributed by atoms with van der Waals surface area (Å²) in [5.74, 6) is 0.479.